The van der Waals surface area contributed by atoms with Crippen LogP contribution in [0.5, 0.6) is 0 Å². The highest BCUT2D eigenvalue weighted by Crippen LogP contribution is 2.24. The summed E-state index contributed by atoms with van der Waals surface area (Å²) in [4.78, 5) is 14.4. The number of carbonyl (C=O) groups is 1. The second-order valence-electron chi connectivity index (χ2n) is 6.81. The molecule has 4 unspecified atom stereocenters. The van der Waals surface area contributed by atoms with Crippen LogP contribution in [0.3, 0.4) is 0 Å². The fourth-order valence-corrected chi connectivity index (χ4v) is 3.61. The molecule has 4 heteroatoms. The largest absolute Gasteiger partial charge is 0.393 e. The van der Waals surface area contributed by atoms with Crippen LogP contribution in [-0.4, -0.2) is 47.7 Å². The highest BCUT2D eigenvalue weighted by molar-refractivity contribution is 5.78. The third kappa shape index (κ3) is 4.45. The number of piperidine rings is 1. The lowest BCUT2D eigenvalue weighted by Gasteiger charge is -2.35. The maximum Gasteiger partial charge on any atom is 0.234 e. The Morgan fingerprint density at radius 1 is 1.30 bits per heavy atom. The van der Waals surface area contributed by atoms with Gasteiger partial charge in [0.25, 0.3) is 0 Å². The number of hydrogen-bond donors (Lipinski definition) is 2. The highest BCUT2D eigenvalue weighted by Gasteiger charge is 2.27. The van der Waals surface area contributed by atoms with E-state index < -0.39 is 0 Å². The van der Waals surface area contributed by atoms with Gasteiger partial charge in [0.2, 0.25) is 5.91 Å². The van der Waals surface area contributed by atoms with E-state index in [1.807, 2.05) is 6.92 Å². The third-order valence-electron chi connectivity index (χ3n) is 5.05. The molecule has 1 amide bonds. The smallest absolute Gasteiger partial charge is 0.234 e. The van der Waals surface area contributed by atoms with E-state index in [1.165, 1.54) is 19.3 Å². The van der Waals surface area contributed by atoms with Gasteiger partial charge in [0.1, 0.15) is 0 Å². The summed E-state index contributed by atoms with van der Waals surface area (Å²) in [6.07, 6.45) is 6.80. The molecule has 2 aliphatic rings. The van der Waals surface area contributed by atoms with E-state index in [0.717, 1.165) is 32.4 Å². The van der Waals surface area contributed by atoms with Crippen molar-refractivity contribution in [1.29, 1.82) is 0 Å². The molecule has 20 heavy (non-hydrogen) atoms. The Balaban J connectivity index is 1.76. The van der Waals surface area contributed by atoms with Crippen LogP contribution in [-0.2, 0) is 4.79 Å². The van der Waals surface area contributed by atoms with Gasteiger partial charge in [0, 0.05) is 12.6 Å². The van der Waals surface area contributed by atoms with Crippen molar-refractivity contribution in [3.63, 3.8) is 0 Å². The first-order valence-corrected chi connectivity index (χ1v) is 8.26. The van der Waals surface area contributed by atoms with Crippen molar-refractivity contribution in [3.05, 3.63) is 0 Å². The molecule has 0 spiro atoms. The van der Waals surface area contributed by atoms with Gasteiger partial charge in [-0.25, -0.2) is 0 Å². The summed E-state index contributed by atoms with van der Waals surface area (Å²) in [7, 11) is 0. The van der Waals surface area contributed by atoms with Crippen molar-refractivity contribution >= 4 is 5.91 Å². The maximum absolute atomic E-state index is 12.2. The molecular formula is C16H30N2O2. The van der Waals surface area contributed by atoms with E-state index in [4.69, 9.17) is 0 Å². The van der Waals surface area contributed by atoms with Crippen LogP contribution in [0.4, 0.5) is 0 Å². The van der Waals surface area contributed by atoms with Crippen molar-refractivity contribution in [1.82, 2.24) is 10.2 Å². The summed E-state index contributed by atoms with van der Waals surface area (Å²) < 4.78 is 0. The van der Waals surface area contributed by atoms with Gasteiger partial charge in [0.05, 0.1) is 12.6 Å². The first-order valence-electron chi connectivity index (χ1n) is 8.26. The van der Waals surface area contributed by atoms with E-state index >= 15 is 0 Å². The predicted molar refractivity (Wildman–Crippen MR) is 80.4 cm³/mol. The lowest BCUT2D eigenvalue weighted by molar-refractivity contribution is -0.124. The minimum atomic E-state index is -0.265. The number of nitrogens with one attached hydrogen (secondary N) is 1. The fourth-order valence-electron chi connectivity index (χ4n) is 3.61. The molecule has 2 N–H and O–H groups in total. The number of aliphatic hydroxyl groups excluding tert-OH is 1. The second-order valence-corrected chi connectivity index (χ2v) is 6.81. The third-order valence-corrected chi connectivity index (χ3v) is 5.05. The fraction of sp³-hybridized carbons (Fsp3) is 0.938. The molecule has 2 fully saturated rings. The van der Waals surface area contributed by atoms with Crippen LogP contribution >= 0.6 is 0 Å². The lowest BCUT2D eigenvalue weighted by atomic mass is 9.86. The quantitative estimate of drug-likeness (QED) is 0.826. The van der Waals surface area contributed by atoms with Crippen LogP contribution in [0.2, 0.25) is 0 Å². The normalized spacial score (nSPS) is 33.6. The Morgan fingerprint density at radius 2 is 2.05 bits per heavy atom. The molecule has 0 bridgehead atoms. The first kappa shape index (κ1) is 15.8. The molecule has 1 aliphatic heterocycles. The summed E-state index contributed by atoms with van der Waals surface area (Å²) in [6.45, 7) is 6.43. The lowest BCUT2D eigenvalue weighted by Crippen LogP contribution is -2.48. The molecule has 1 aliphatic carbocycles. The van der Waals surface area contributed by atoms with Crippen LogP contribution in [0.15, 0.2) is 0 Å². The van der Waals surface area contributed by atoms with Gasteiger partial charge in [-0.2, -0.15) is 0 Å². The van der Waals surface area contributed by atoms with Gasteiger partial charge in [-0.3, -0.25) is 9.69 Å². The summed E-state index contributed by atoms with van der Waals surface area (Å²) in [5.74, 6) is 1.10. The van der Waals surface area contributed by atoms with Crippen molar-refractivity contribution < 1.29 is 9.90 Å². The SMILES string of the molecule is CC(O)C1CCCN(CC(=O)NC2CCCCC2C)C1. The van der Waals surface area contributed by atoms with Crippen LogP contribution < -0.4 is 5.32 Å². The van der Waals surface area contributed by atoms with Crippen molar-refractivity contribution in [2.45, 2.75) is 64.5 Å². The monoisotopic (exact) mass is 282 g/mol. The van der Waals surface area contributed by atoms with E-state index in [1.54, 1.807) is 0 Å². The Kier molecular flexibility index (Phi) is 5.85. The van der Waals surface area contributed by atoms with Gasteiger partial charge in [-0.15, -0.1) is 0 Å². The van der Waals surface area contributed by atoms with Gasteiger partial charge >= 0.3 is 0 Å². The molecule has 4 nitrogen and oxygen atoms in total. The topological polar surface area (TPSA) is 52.6 Å². The summed E-state index contributed by atoms with van der Waals surface area (Å²) in [5.41, 5.74) is 0. The van der Waals surface area contributed by atoms with Crippen LogP contribution in [0.25, 0.3) is 0 Å². The number of likely N-dealkylation sites (tertiary alicyclic amines) is 1. The molecule has 2 rings (SSSR count). The van der Waals surface area contributed by atoms with E-state index in [0.29, 0.717) is 24.4 Å². The van der Waals surface area contributed by atoms with Crippen LogP contribution in [0.1, 0.15) is 52.4 Å². The molecule has 4 atom stereocenters. The number of aliphatic hydroxyl groups is 1. The van der Waals surface area contributed by atoms with Gasteiger partial charge in [0.15, 0.2) is 0 Å². The molecule has 0 radical (unpaired) electrons. The molecular weight excluding hydrogens is 252 g/mol. The molecule has 1 heterocycles. The van der Waals surface area contributed by atoms with Gasteiger partial charge < -0.3 is 10.4 Å². The Hall–Kier alpha value is -0.610. The Morgan fingerprint density at radius 3 is 2.75 bits per heavy atom. The highest BCUT2D eigenvalue weighted by atomic mass is 16.3. The van der Waals surface area contributed by atoms with Crippen molar-refractivity contribution in [3.8, 4) is 0 Å². The number of amides is 1. The van der Waals surface area contributed by atoms with E-state index in [9.17, 15) is 9.90 Å². The second kappa shape index (κ2) is 7.41. The average Bonchev–Trinajstić information content (AvgIpc) is 2.41. The number of carbonyl (C=O) groups excluding carboxylic acids is 1. The Labute approximate surface area is 122 Å². The van der Waals surface area contributed by atoms with E-state index in [-0.39, 0.29) is 12.0 Å². The minimum absolute atomic E-state index is 0.162. The molecule has 116 valence electrons. The van der Waals surface area contributed by atoms with Crippen molar-refractivity contribution in [2.75, 3.05) is 19.6 Å². The summed E-state index contributed by atoms with van der Waals surface area (Å²) >= 11 is 0. The van der Waals surface area contributed by atoms with Gasteiger partial charge in [-0.05, 0) is 51.0 Å². The zero-order chi connectivity index (χ0) is 14.5. The minimum Gasteiger partial charge on any atom is -0.393 e. The first-order chi connectivity index (χ1) is 9.56. The van der Waals surface area contributed by atoms with Gasteiger partial charge in [-0.1, -0.05) is 19.8 Å². The van der Waals surface area contributed by atoms with Crippen molar-refractivity contribution in [2.24, 2.45) is 11.8 Å². The number of nitrogens with zero attached hydrogens (tertiary/aromatic N) is 1. The van der Waals surface area contributed by atoms with Crippen LogP contribution in [0, 0.1) is 11.8 Å². The molecule has 0 aromatic heterocycles. The molecule has 0 aromatic rings. The zero-order valence-electron chi connectivity index (χ0n) is 13.0. The Bertz CT molecular complexity index is 320. The number of rotatable bonds is 4. The predicted octanol–water partition coefficient (Wildman–Crippen LogP) is 1.77. The molecule has 1 saturated heterocycles. The maximum atomic E-state index is 12.2. The number of hydrogen-bond acceptors (Lipinski definition) is 3. The molecule has 0 aromatic carbocycles. The summed E-state index contributed by atoms with van der Waals surface area (Å²) in [6, 6.07) is 0.369. The average molecular weight is 282 g/mol. The van der Waals surface area contributed by atoms with E-state index in [2.05, 4.69) is 17.1 Å². The summed E-state index contributed by atoms with van der Waals surface area (Å²) in [5, 5.41) is 12.9. The standard InChI is InChI=1S/C16H30N2O2/c1-12-6-3-4-8-15(12)17-16(20)11-18-9-5-7-14(10-18)13(2)19/h12-15,19H,3-11H2,1-2H3,(H,17,20). The molecule has 1 saturated carbocycles. The zero-order valence-corrected chi connectivity index (χ0v) is 13.0.